The van der Waals surface area contributed by atoms with Gasteiger partial charge in [0, 0.05) is 12.8 Å². The first-order chi connectivity index (χ1) is 21.7. The maximum Gasteiger partial charge on any atom is 0.221 e. The van der Waals surface area contributed by atoms with Crippen LogP contribution in [0.2, 0.25) is 0 Å². The lowest BCUT2D eigenvalue weighted by Crippen LogP contribution is -2.37. The fourth-order valence-corrected chi connectivity index (χ4v) is 5.13. The number of aryl methyl sites for hydroxylation is 4. The van der Waals surface area contributed by atoms with E-state index in [1.807, 2.05) is 60.7 Å². The Morgan fingerprint density at radius 3 is 1.33 bits per heavy atom. The SMILES string of the molecule is Cc1cc(CCC(=O)NCNC(=O)CCc2cc(C)c(O)c(-n3nc4ccccc4n3)c2)cc(-n2nc3ccccc3n2)c1O. The lowest BCUT2D eigenvalue weighted by Gasteiger charge is -2.11. The zero-order valence-electron chi connectivity index (χ0n) is 24.9. The number of fused-ring (bicyclic) bond motifs is 2. The summed E-state index contributed by atoms with van der Waals surface area (Å²) in [6.45, 7) is 3.58. The first-order valence-corrected chi connectivity index (χ1v) is 14.6. The van der Waals surface area contributed by atoms with Crippen LogP contribution in [-0.2, 0) is 22.4 Å². The summed E-state index contributed by atoms with van der Waals surface area (Å²) in [5.74, 6) is -0.278. The van der Waals surface area contributed by atoms with Crippen molar-refractivity contribution in [2.75, 3.05) is 6.67 Å². The molecule has 0 unspecified atom stereocenters. The van der Waals surface area contributed by atoms with Gasteiger partial charge in [0.05, 0.1) is 6.67 Å². The monoisotopic (exact) mass is 604 g/mol. The molecule has 0 atom stereocenters. The molecule has 4 N–H and O–H groups in total. The Kier molecular flexibility index (Phi) is 8.10. The van der Waals surface area contributed by atoms with E-state index in [-0.39, 0.29) is 42.8 Å². The molecule has 0 saturated heterocycles. The maximum atomic E-state index is 12.5. The van der Waals surface area contributed by atoms with Crippen LogP contribution in [0.15, 0.2) is 72.8 Å². The van der Waals surface area contributed by atoms with Crippen molar-refractivity contribution >= 4 is 33.9 Å². The van der Waals surface area contributed by atoms with Crippen LogP contribution in [0.1, 0.15) is 35.1 Å². The molecule has 2 amide bonds. The molecule has 45 heavy (non-hydrogen) atoms. The number of hydrogen-bond donors (Lipinski definition) is 4. The second-order valence-electron chi connectivity index (χ2n) is 10.9. The number of aromatic hydroxyl groups is 2. The molecule has 2 heterocycles. The fourth-order valence-electron chi connectivity index (χ4n) is 5.13. The fraction of sp³-hybridized carbons (Fsp3) is 0.212. The molecule has 0 aliphatic rings. The lowest BCUT2D eigenvalue weighted by molar-refractivity contribution is -0.122. The van der Waals surface area contributed by atoms with Gasteiger partial charge in [-0.3, -0.25) is 9.59 Å². The smallest absolute Gasteiger partial charge is 0.221 e. The molecule has 6 aromatic rings. The summed E-state index contributed by atoms with van der Waals surface area (Å²) < 4.78 is 0. The first kappa shape index (κ1) is 29.3. The minimum absolute atomic E-state index is 0.00493. The minimum atomic E-state index is -0.219. The number of carbonyl (C=O) groups excluding carboxylic acids is 2. The molecule has 0 bridgehead atoms. The van der Waals surface area contributed by atoms with Crippen molar-refractivity contribution in [1.29, 1.82) is 0 Å². The number of hydrogen-bond acceptors (Lipinski definition) is 8. The van der Waals surface area contributed by atoms with Gasteiger partial charge in [-0.1, -0.05) is 36.4 Å². The lowest BCUT2D eigenvalue weighted by atomic mass is 10.0. The third-order valence-corrected chi connectivity index (χ3v) is 7.54. The van der Waals surface area contributed by atoms with E-state index in [0.29, 0.717) is 57.4 Å². The summed E-state index contributed by atoms with van der Waals surface area (Å²) in [5, 5.41) is 44.6. The Morgan fingerprint density at radius 1 is 0.622 bits per heavy atom. The molecule has 0 radical (unpaired) electrons. The van der Waals surface area contributed by atoms with Crippen molar-refractivity contribution in [1.82, 2.24) is 40.6 Å². The second-order valence-corrected chi connectivity index (χ2v) is 10.9. The van der Waals surface area contributed by atoms with Crippen molar-refractivity contribution in [2.24, 2.45) is 0 Å². The molecule has 228 valence electrons. The molecule has 2 aromatic heterocycles. The minimum Gasteiger partial charge on any atom is -0.505 e. The maximum absolute atomic E-state index is 12.5. The third-order valence-electron chi connectivity index (χ3n) is 7.54. The van der Waals surface area contributed by atoms with Gasteiger partial charge in [0.2, 0.25) is 11.8 Å². The molecule has 0 aliphatic heterocycles. The van der Waals surface area contributed by atoms with Crippen LogP contribution in [0.5, 0.6) is 11.5 Å². The van der Waals surface area contributed by atoms with Crippen LogP contribution in [-0.4, -0.2) is 58.7 Å². The summed E-state index contributed by atoms with van der Waals surface area (Å²) in [6, 6.07) is 22.1. The van der Waals surface area contributed by atoms with Crippen molar-refractivity contribution in [3.63, 3.8) is 0 Å². The Hall–Kier alpha value is -5.78. The zero-order valence-corrected chi connectivity index (χ0v) is 24.9. The normalized spacial score (nSPS) is 11.2. The summed E-state index contributed by atoms with van der Waals surface area (Å²) in [5.41, 5.74) is 6.75. The van der Waals surface area contributed by atoms with Gasteiger partial charge in [-0.15, -0.1) is 30.0 Å². The van der Waals surface area contributed by atoms with Gasteiger partial charge in [0.25, 0.3) is 0 Å². The summed E-state index contributed by atoms with van der Waals surface area (Å²) >= 11 is 0. The van der Waals surface area contributed by atoms with Crippen LogP contribution in [0.4, 0.5) is 0 Å². The molecule has 12 nitrogen and oxygen atoms in total. The predicted octanol–water partition coefficient (Wildman–Crippen LogP) is 3.94. The number of nitrogens with zero attached hydrogens (tertiary/aromatic N) is 6. The van der Waals surface area contributed by atoms with Crippen molar-refractivity contribution in [2.45, 2.75) is 39.5 Å². The number of carbonyl (C=O) groups is 2. The highest BCUT2D eigenvalue weighted by Gasteiger charge is 2.15. The van der Waals surface area contributed by atoms with Crippen LogP contribution < -0.4 is 10.6 Å². The van der Waals surface area contributed by atoms with Crippen LogP contribution in [0.3, 0.4) is 0 Å². The van der Waals surface area contributed by atoms with Gasteiger partial charge >= 0.3 is 0 Å². The number of benzene rings is 4. The van der Waals surface area contributed by atoms with Crippen LogP contribution >= 0.6 is 0 Å². The molecule has 0 aliphatic carbocycles. The largest absolute Gasteiger partial charge is 0.505 e. The molecular weight excluding hydrogens is 572 g/mol. The van der Waals surface area contributed by atoms with E-state index in [1.165, 1.54) is 9.59 Å². The van der Waals surface area contributed by atoms with E-state index in [9.17, 15) is 19.8 Å². The number of phenols is 2. The Morgan fingerprint density at radius 2 is 0.978 bits per heavy atom. The zero-order chi connectivity index (χ0) is 31.5. The third kappa shape index (κ3) is 6.44. The summed E-state index contributed by atoms with van der Waals surface area (Å²) in [6.07, 6.45) is 1.25. The molecule has 12 heteroatoms. The molecule has 0 spiro atoms. The average molecular weight is 605 g/mol. The molecule has 6 rings (SSSR count). The van der Waals surface area contributed by atoms with Crippen molar-refractivity contribution < 1.29 is 19.8 Å². The van der Waals surface area contributed by atoms with E-state index < -0.39 is 0 Å². The van der Waals surface area contributed by atoms with Gasteiger partial charge in [-0.25, -0.2) is 0 Å². The van der Waals surface area contributed by atoms with Gasteiger partial charge in [0.15, 0.2) is 0 Å². The van der Waals surface area contributed by atoms with Crippen LogP contribution in [0.25, 0.3) is 33.4 Å². The summed E-state index contributed by atoms with van der Waals surface area (Å²) in [7, 11) is 0. The highest BCUT2D eigenvalue weighted by molar-refractivity contribution is 5.79. The Labute approximate surface area is 258 Å². The number of rotatable bonds is 10. The number of nitrogens with one attached hydrogen (secondary N) is 2. The highest BCUT2D eigenvalue weighted by atomic mass is 16.3. The van der Waals surface area contributed by atoms with Crippen molar-refractivity contribution in [3.8, 4) is 22.9 Å². The van der Waals surface area contributed by atoms with Gasteiger partial charge < -0.3 is 20.8 Å². The van der Waals surface area contributed by atoms with E-state index in [0.717, 1.165) is 11.1 Å². The van der Waals surface area contributed by atoms with Crippen LogP contribution in [0, 0.1) is 13.8 Å². The average Bonchev–Trinajstić information content (AvgIpc) is 3.66. The molecule has 0 saturated carbocycles. The van der Waals surface area contributed by atoms with Gasteiger partial charge in [-0.2, -0.15) is 0 Å². The standard InChI is InChI=1S/C33H32N8O4/c1-20-15-22(17-28(32(20)44)40-36-24-7-3-4-8-25(24)37-40)11-13-30(42)34-19-35-31(43)14-12-23-16-21(2)33(45)29(18-23)41-38-26-9-5-6-10-27(26)39-41/h3-10,15-18,44-45H,11-14,19H2,1-2H3,(H,34,42)(H,35,43). The van der Waals surface area contributed by atoms with E-state index in [1.54, 1.807) is 26.0 Å². The number of amides is 2. The molecule has 4 aromatic carbocycles. The van der Waals surface area contributed by atoms with E-state index in [2.05, 4.69) is 31.0 Å². The second kappa shape index (κ2) is 12.4. The van der Waals surface area contributed by atoms with E-state index in [4.69, 9.17) is 0 Å². The highest BCUT2D eigenvalue weighted by Crippen LogP contribution is 2.29. The first-order valence-electron chi connectivity index (χ1n) is 14.6. The van der Waals surface area contributed by atoms with Crippen molar-refractivity contribution in [3.05, 3.63) is 95.1 Å². The van der Waals surface area contributed by atoms with Gasteiger partial charge in [0.1, 0.15) is 44.9 Å². The van der Waals surface area contributed by atoms with Gasteiger partial charge in [-0.05, 0) is 85.3 Å². The number of phenolic OH excluding ortho intramolecular Hbond substituents is 2. The predicted molar refractivity (Wildman–Crippen MR) is 168 cm³/mol. The Balaban J connectivity index is 0.998. The Bertz CT molecular complexity index is 1840. The molecule has 0 fully saturated rings. The topological polar surface area (TPSA) is 160 Å². The van der Waals surface area contributed by atoms with E-state index >= 15 is 0 Å². The molecular formula is C33H32N8O4. The summed E-state index contributed by atoms with van der Waals surface area (Å²) in [4.78, 5) is 27.9. The number of aromatic nitrogens is 6. The quantitative estimate of drug-likeness (QED) is 0.171.